The van der Waals surface area contributed by atoms with Gasteiger partial charge in [0.1, 0.15) is 5.69 Å². The van der Waals surface area contributed by atoms with Gasteiger partial charge in [-0.2, -0.15) is 0 Å². The fourth-order valence-electron chi connectivity index (χ4n) is 5.06. The number of hydrogen-bond donors (Lipinski definition) is 4. The maximum atomic E-state index is 13.1. The van der Waals surface area contributed by atoms with E-state index in [2.05, 4.69) is 20.6 Å². The average Bonchev–Trinajstić information content (AvgIpc) is 3.56. The Morgan fingerprint density at radius 1 is 1.03 bits per heavy atom. The first-order valence-corrected chi connectivity index (χ1v) is 12.3. The number of para-hydroxylation sites is 1. The standard InChI is InChI=1S/C27H33N5O2/c1-15-4-3-5-18-13-22(31-23(15)18)27(34)32-25(17-6-7-17)24-16(2)12-19(14-29-24)26(33)30-21-10-8-20(28)9-11-21/h3-5,12-14,17,20-21,25,31H,6-11,28H2,1-2H3,(H,30,33)(H,32,34). The summed E-state index contributed by atoms with van der Waals surface area (Å²) < 4.78 is 0. The van der Waals surface area contributed by atoms with Crippen LogP contribution >= 0.6 is 0 Å². The number of nitrogens with two attached hydrogens (primary N) is 1. The highest BCUT2D eigenvalue weighted by Gasteiger charge is 2.36. The number of aromatic nitrogens is 2. The third-order valence-electron chi connectivity index (χ3n) is 7.27. The Hall–Kier alpha value is -3.19. The monoisotopic (exact) mass is 459 g/mol. The van der Waals surface area contributed by atoms with Gasteiger partial charge >= 0.3 is 0 Å². The Bertz CT molecular complexity index is 1220. The Morgan fingerprint density at radius 2 is 1.79 bits per heavy atom. The highest BCUT2D eigenvalue weighted by Crippen LogP contribution is 2.41. The molecule has 178 valence electrons. The fourth-order valence-corrected chi connectivity index (χ4v) is 5.06. The maximum Gasteiger partial charge on any atom is 0.268 e. The molecule has 2 heterocycles. The molecule has 0 saturated heterocycles. The van der Waals surface area contributed by atoms with Crippen LogP contribution in [0.3, 0.4) is 0 Å². The van der Waals surface area contributed by atoms with Crippen molar-refractivity contribution in [3.8, 4) is 0 Å². The molecule has 0 aliphatic heterocycles. The molecule has 0 spiro atoms. The van der Waals surface area contributed by atoms with Crippen molar-refractivity contribution in [2.45, 2.75) is 70.5 Å². The van der Waals surface area contributed by atoms with E-state index in [0.717, 1.165) is 66.2 Å². The van der Waals surface area contributed by atoms with Crippen LogP contribution < -0.4 is 16.4 Å². The minimum atomic E-state index is -0.169. The van der Waals surface area contributed by atoms with E-state index in [4.69, 9.17) is 5.73 Å². The second kappa shape index (κ2) is 9.22. The van der Waals surface area contributed by atoms with Gasteiger partial charge in [-0.15, -0.1) is 0 Å². The van der Waals surface area contributed by atoms with Gasteiger partial charge in [0.2, 0.25) is 0 Å². The van der Waals surface area contributed by atoms with E-state index in [1.165, 1.54) is 0 Å². The Morgan fingerprint density at radius 3 is 2.47 bits per heavy atom. The quantitative estimate of drug-likeness (QED) is 0.445. The van der Waals surface area contributed by atoms with Crippen LogP contribution in [0.4, 0.5) is 0 Å². The summed E-state index contributed by atoms with van der Waals surface area (Å²) in [6, 6.07) is 10.1. The molecule has 0 radical (unpaired) electrons. The van der Waals surface area contributed by atoms with E-state index >= 15 is 0 Å². The number of aromatic amines is 1. The normalized spacial score (nSPS) is 21.3. The summed E-state index contributed by atoms with van der Waals surface area (Å²) in [5.74, 6) is 0.140. The van der Waals surface area contributed by atoms with Gasteiger partial charge in [-0.1, -0.05) is 18.2 Å². The SMILES string of the molecule is Cc1cc(C(=O)NC2CCC(N)CC2)cnc1C(NC(=O)c1cc2cccc(C)c2[nH]1)C1CC1. The molecule has 5 N–H and O–H groups in total. The number of carbonyl (C=O) groups is 2. The lowest BCUT2D eigenvalue weighted by molar-refractivity contribution is 0.0915. The Balaban J connectivity index is 1.31. The van der Waals surface area contributed by atoms with Crippen LogP contribution in [0.1, 0.15) is 82.2 Å². The second-order valence-corrected chi connectivity index (χ2v) is 10.0. The minimum Gasteiger partial charge on any atom is -0.350 e. The largest absolute Gasteiger partial charge is 0.350 e. The zero-order chi connectivity index (χ0) is 23.8. The molecule has 2 aliphatic carbocycles. The number of benzene rings is 1. The van der Waals surface area contributed by atoms with E-state index in [1.54, 1.807) is 6.20 Å². The lowest BCUT2D eigenvalue weighted by atomic mass is 9.91. The number of H-pyrrole nitrogens is 1. The molecule has 7 heteroatoms. The van der Waals surface area contributed by atoms with Crippen molar-refractivity contribution in [3.05, 3.63) is 64.6 Å². The van der Waals surface area contributed by atoms with Crippen molar-refractivity contribution in [1.29, 1.82) is 0 Å². The molecule has 3 aromatic rings. The van der Waals surface area contributed by atoms with Gasteiger partial charge in [-0.25, -0.2) is 0 Å². The van der Waals surface area contributed by atoms with Crippen molar-refractivity contribution >= 4 is 22.7 Å². The molecule has 2 aliphatic rings. The van der Waals surface area contributed by atoms with Gasteiger partial charge in [0.05, 0.1) is 17.3 Å². The average molecular weight is 460 g/mol. The topological polar surface area (TPSA) is 113 Å². The summed E-state index contributed by atoms with van der Waals surface area (Å²) in [7, 11) is 0. The van der Waals surface area contributed by atoms with Gasteiger partial charge in [0.25, 0.3) is 11.8 Å². The summed E-state index contributed by atoms with van der Waals surface area (Å²) in [6.07, 6.45) is 7.48. The van der Waals surface area contributed by atoms with Gasteiger partial charge in [0.15, 0.2) is 0 Å². The van der Waals surface area contributed by atoms with Crippen molar-refractivity contribution in [3.63, 3.8) is 0 Å². The number of carbonyl (C=O) groups excluding carboxylic acids is 2. The Labute approximate surface area is 199 Å². The predicted octanol–water partition coefficient (Wildman–Crippen LogP) is 4.06. The van der Waals surface area contributed by atoms with Crippen molar-refractivity contribution < 1.29 is 9.59 Å². The lowest BCUT2D eigenvalue weighted by Crippen LogP contribution is -2.40. The molecular weight excluding hydrogens is 426 g/mol. The molecule has 2 saturated carbocycles. The molecule has 2 aromatic heterocycles. The second-order valence-electron chi connectivity index (χ2n) is 10.0. The first kappa shape index (κ1) is 22.6. The smallest absolute Gasteiger partial charge is 0.268 e. The van der Waals surface area contributed by atoms with Gasteiger partial charge in [-0.3, -0.25) is 14.6 Å². The predicted molar refractivity (Wildman–Crippen MR) is 133 cm³/mol. The van der Waals surface area contributed by atoms with Crippen LogP contribution in [0, 0.1) is 19.8 Å². The van der Waals surface area contributed by atoms with Crippen molar-refractivity contribution in [2.24, 2.45) is 11.7 Å². The van der Waals surface area contributed by atoms with Crippen LogP contribution in [0.5, 0.6) is 0 Å². The Kier molecular flexibility index (Phi) is 6.13. The number of nitrogens with one attached hydrogen (secondary N) is 3. The molecule has 5 rings (SSSR count). The van der Waals surface area contributed by atoms with Crippen LogP contribution in [0.15, 0.2) is 36.5 Å². The molecule has 1 aromatic carbocycles. The van der Waals surface area contributed by atoms with E-state index in [0.29, 0.717) is 17.2 Å². The minimum absolute atomic E-state index is 0.0944. The van der Waals surface area contributed by atoms with Crippen LogP contribution in [-0.2, 0) is 0 Å². The summed E-state index contributed by atoms with van der Waals surface area (Å²) in [6.45, 7) is 3.99. The van der Waals surface area contributed by atoms with E-state index in [9.17, 15) is 9.59 Å². The highest BCUT2D eigenvalue weighted by atomic mass is 16.2. The summed E-state index contributed by atoms with van der Waals surface area (Å²) in [5, 5.41) is 7.36. The fraction of sp³-hybridized carbons (Fsp3) is 0.444. The third kappa shape index (κ3) is 4.71. The molecule has 2 fully saturated rings. The molecule has 34 heavy (non-hydrogen) atoms. The van der Waals surface area contributed by atoms with Gasteiger partial charge in [0, 0.05) is 29.2 Å². The van der Waals surface area contributed by atoms with Crippen LogP contribution in [0.2, 0.25) is 0 Å². The number of amides is 2. The number of fused-ring (bicyclic) bond motifs is 1. The van der Waals surface area contributed by atoms with Gasteiger partial charge < -0.3 is 21.4 Å². The summed E-state index contributed by atoms with van der Waals surface area (Å²) >= 11 is 0. The van der Waals surface area contributed by atoms with Crippen LogP contribution in [0.25, 0.3) is 10.9 Å². The summed E-state index contributed by atoms with van der Waals surface area (Å²) in [5.41, 5.74) is 10.9. The highest BCUT2D eigenvalue weighted by molar-refractivity contribution is 5.99. The molecule has 7 nitrogen and oxygen atoms in total. The van der Waals surface area contributed by atoms with Gasteiger partial charge in [-0.05, 0) is 81.5 Å². The molecule has 0 bridgehead atoms. The van der Waals surface area contributed by atoms with Crippen LogP contribution in [-0.4, -0.2) is 33.9 Å². The first-order valence-electron chi connectivity index (χ1n) is 12.3. The maximum absolute atomic E-state index is 13.1. The molecule has 1 atom stereocenters. The zero-order valence-electron chi connectivity index (χ0n) is 19.9. The van der Waals surface area contributed by atoms with E-state index < -0.39 is 0 Å². The van der Waals surface area contributed by atoms with E-state index in [1.807, 2.05) is 44.2 Å². The number of pyridine rings is 1. The van der Waals surface area contributed by atoms with Crippen molar-refractivity contribution in [1.82, 2.24) is 20.6 Å². The number of nitrogens with zero attached hydrogens (tertiary/aromatic N) is 1. The molecule has 1 unspecified atom stereocenters. The zero-order valence-corrected chi connectivity index (χ0v) is 19.9. The van der Waals surface area contributed by atoms with Crippen molar-refractivity contribution in [2.75, 3.05) is 0 Å². The number of rotatable bonds is 6. The molecular formula is C27H33N5O2. The van der Waals surface area contributed by atoms with E-state index in [-0.39, 0.29) is 29.9 Å². The molecule has 2 amide bonds. The summed E-state index contributed by atoms with van der Waals surface area (Å²) in [4.78, 5) is 33.9. The first-order chi connectivity index (χ1) is 16.4. The number of aryl methyl sites for hydroxylation is 2. The lowest BCUT2D eigenvalue weighted by Gasteiger charge is -2.27. The third-order valence-corrected chi connectivity index (χ3v) is 7.27. The number of hydrogen-bond acceptors (Lipinski definition) is 4.